The number of halogens is 1. The van der Waals surface area contributed by atoms with Crippen molar-refractivity contribution in [2.24, 2.45) is 0 Å². The summed E-state index contributed by atoms with van der Waals surface area (Å²) in [6.07, 6.45) is 0. The number of aryl methyl sites for hydroxylation is 1. The van der Waals surface area contributed by atoms with Crippen LogP contribution in [0.4, 0.5) is 4.39 Å². The fraction of sp³-hybridized carbons (Fsp3) is 0.417. The molecule has 1 unspecified atom stereocenters. The van der Waals surface area contributed by atoms with Crippen molar-refractivity contribution >= 4 is 29.3 Å². The maximum absolute atomic E-state index is 13.2. The highest BCUT2D eigenvalue weighted by Gasteiger charge is 2.23. The van der Waals surface area contributed by atoms with Crippen molar-refractivity contribution in [3.63, 3.8) is 0 Å². The Morgan fingerprint density at radius 1 is 1.38 bits per heavy atom. The molecule has 0 amide bonds. The standard InChI is InChI=1S/C12H13FOS2/c1-8-4-9(6-10(13)5-8)12(14)11-7-15-2-3-16-11/h4-6,11H,2-3,7H2,1H3. The van der Waals surface area contributed by atoms with E-state index in [9.17, 15) is 9.18 Å². The summed E-state index contributed by atoms with van der Waals surface area (Å²) < 4.78 is 13.2. The molecule has 0 spiro atoms. The summed E-state index contributed by atoms with van der Waals surface area (Å²) in [6, 6.07) is 4.56. The van der Waals surface area contributed by atoms with Crippen molar-refractivity contribution in [3.8, 4) is 0 Å². The Kier molecular flexibility index (Phi) is 3.92. The van der Waals surface area contributed by atoms with Crippen LogP contribution in [0.5, 0.6) is 0 Å². The van der Waals surface area contributed by atoms with Crippen LogP contribution in [-0.2, 0) is 0 Å². The summed E-state index contributed by atoms with van der Waals surface area (Å²) in [7, 11) is 0. The molecule has 1 atom stereocenters. The monoisotopic (exact) mass is 256 g/mol. The number of thioether (sulfide) groups is 2. The van der Waals surface area contributed by atoms with Crippen LogP contribution in [0.2, 0.25) is 0 Å². The summed E-state index contributed by atoms with van der Waals surface area (Å²) in [4.78, 5) is 12.1. The minimum atomic E-state index is -0.322. The van der Waals surface area contributed by atoms with Gasteiger partial charge in [-0.2, -0.15) is 11.8 Å². The van der Waals surface area contributed by atoms with Crippen molar-refractivity contribution < 1.29 is 9.18 Å². The van der Waals surface area contributed by atoms with Crippen LogP contribution in [0, 0.1) is 12.7 Å². The van der Waals surface area contributed by atoms with Gasteiger partial charge in [0.05, 0.1) is 5.25 Å². The van der Waals surface area contributed by atoms with E-state index in [0.717, 1.165) is 22.8 Å². The van der Waals surface area contributed by atoms with Crippen molar-refractivity contribution in [3.05, 3.63) is 35.1 Å². The Morgan fingerprint density at radius 3 is 2.81 bits per heavy atom. The molecule has 1 aromatic rings. The lowest BCUT2D eigenvalue weighted by Gasteiger charge is -2.19. The number of hydrogen-bond acceptors (Lipinski definition) is 3. The van der Waals surface area contributed by atoms with Gasteiger partial charge >= 0.3 is 0 Å². The number of ketones is 1. The molecule has 1 saturated heterocycles. The largest absolute Gasteiger partial charge is 0.293 e. The Balaban J connectivity index is 2.19. The molecule has 16 heavy (non-hydrogen) atoms. The maximum atomic E-state index is 13.2. The van der Waals surface area contributed by atoms with Gasteiger partial charge in [0.1, 0.15) is 5.82 Å². The molecule has 0 bridgehead atoms. The van der Waals surface area contributed by atoms with Crippen molar-refractivity contribution in [1.29, 1.82) is 0 Å². The number of carbonyl (C=O) groups is 1. The molecule has 0 radical (unpaired) electrons. The Morgan fingerprint density at radius 2 is 2.19 bits per heavy atom. The van der Waals surface area contributed by atoms with E-state index in [1.54, 1.807) is 29.6 Å². The van der Waals surface area contributed by atoms with E-state index in [1.807, 2.05) is 6.92 Å². The van der Waals surface area contributed by atoms with Crippen molar-refractivity contribution in [2.75, 3.05) is 17.3 Å². The number of Topliss-reactive ketones (excluding diaryl/α,β-unsaturated/α-hetero) is 1. The number of benzene rings is 1. The zero-order valence-electron chi connectivity index (χ0n) is 9.03. The van der Waals surface area contributed by atoms with Gasteiger partial charge in [-0.1, -0.05) is 0 Å². The molecule has 86 valence electrons. The predicted molar refractivity (Wildman–Crippen MR) is 69.0 cm³/mol. The fourth-order valence-corrected chi connectivity index (χ4v) is 4.34. The van der Waals surface area contributed by atoms with Crippen LogP contribution in [0.25, 0.3) is 0 Å². The highest BCUT2D eigenvalue weighted by atomic mass is 32.2. The molecular weight excluding hydrogens is 243 g/mol. The van der Waals surface area contributed by atoms with Gasteiger partial charge in [0.2, 0.25) is 0 Å². The molecule has 1 nitrogen and oxygen atoms in total. The van der Waals surface area contributed by atoms with Crippen LogP contribution in [0.15, 0.2) is 18.2 Å². The van der Waals surface area contributed by atoms with Gasteiger partial charge in [-0.3, -0.25) is 4.79 Å². The summed E-state index contributed by atoms with van der Waals surface area (Å²) in [5.41, 5.74) is 1.31. The zero-order valence-corrected chi connectivity index (χ0v) is 10.7. The summed E-state index contributed by atoms with van der Waals surface area (Å²) >= 11 is 3.48. The molecule has 0 saturated carbocycles. The molecule has 1 aliphatic heterocycles. The Hall–Kier alpha value is -0.480. The zero-order chi connectivity index (χ0) is 11.5. The molecule has 0 aromatic heterocycles. The molecule has 1 aliphatic rings. The molecule has 1 fully saturated rings. The van der Waals surface area contributed by atoms with Crippen LogP contribution in [-0.4, -0.2) is 28.3 Å². The normalized spacial score (nSPS) is 20.8. The smallest absolute Gasteiger partial charge is 0.176 e. The van der Waals surface area contributed by atoms with Gasteiger partial charge in [-0.25, -0.2) is 4.39 Å². The lowest BCUT2D eigenvalue weighted by molar-refractivity contribution is 0.0994. The van der Waals surface area contributed by atoms with Gasteiger partial charge in [0.25, 0.3) is 0 Å². The average molecular weight is 256 g/mol. The van der Waals surface area contributed by atoms with E-state index in [-0.39, 0.29) is 16.9 Å². The second-order valence-corrected chi connectivity index (χ2v) is 6.28. The minimum Gasteiger partial charge on any atom is -0.293 e. The van der Waals surface area contributed by atoms with E-state index >= 15 is 0 Å². The second-order valence-electron chi connectivity index (χ2n) is 3.82. The third-order valence-electron chi connectivity index (χ3n) is 2.44. The van der Waals surface area contributed by atoms with Gasteiger partial charge in [-0.15, -0.1) is 11.8 Å². The SMILES string of the molecule is Cc1cc(F)cc(C(=O)C2CSCCS2)c1. The van der Waals surface area contributed by atoms with E-state index in [1.165, 1.54) is 12.1 Å². The van der Waals surface area contributed by atoms with Crippen LogP contribution < -0.4 is 0 Å². The minimum absolute atomic E-state index is 0.0000463. The Bertz CT molecular complexity index is 380. The maximum Gasteiger partial charge on any atom is 0.176 e. The summed E-state index contributed by atoms with van der Waals surface area (Å²) in [5.74, 6) is 2.71. The third-order valence-corrected chi connectivity index (χ3v) is 5.19. The molecule has 4 heteroatoms. The first-order valence-corrected chi connectivity index (χ1v) is 7.38. The molecule has 0 aliphatic carbocycles. The number of rotatable bonds is 2. The molecule has 1 heterocycles. The van der Waals surface area contributed by atoms with Crippen molar-refractivity contribution in [1.82, 2.24) is 0 Å². The van der Waals surface area contributed by atoms with E-state index in [4.69, 9.17) is 0 Å². The molecule has 1 aromatic carbocycles. The lowest BCUT2D eigenvalue weighted by atomic mass is 10.1. The van der Waals surface area contributed by atoms with Gasteiger partial charge in [0.15, 0.2) is 5.78 Å². The quantitative estimate of drug-likeness (QED) is 0.757. The van der Waals surface area contributed by atoms with Crippen LogP contribution in [0.3, 0.4) is 0 Å². The average Bonchev–Trinajstić information content (AvgIpc) is 2.28. The first-order valence-electron chi connectivity index (χ1n) is 5.17. The highest BCUT2D eigenvalue weighted by molar-refractivity contribution is 8.07. The fourth-order valence-electron chi connectivity index (χ4n) is 1.70. The predicted octanol–water partition coefficient (Wildman–Crippen LogP) is 3.17. The van der Waals surface area contributed by atoms with Gasteiger partial charge in [0, 0.05) is 22.8 Å². The number of hydrogen-bond donors (Lipinski definition) is 0. The van der Waals surface area contributed by atoms with Gasteiger partial charge in [-0.05, 0) is 30.7 Å². The third kappa shape index (κ3) is 2.80. The van der Waals surface area contributed by atoms with Crippen molar-refractivity contribution in [2.45, 2.75) is 12.2 Å². The first kappa shape index (κ1) is 12.0. The highest BCUT2D eigenvalue weighted by Crippen LogP contribution is 2.27. The van der Waals surface area contributed by atoms with Gasteiger partial charge < -0.3 is 0 Å². The molecular formula is C12H13FOS2. The van der Waals surface area contributed by atoms with E-state index in [0.29, 0.717) is 5.56 Å². The number of carbonyl (C=O) groups excluding carboxylic acids is 1. The second kappa shape index (κ2) is 5.23. The van der Waals surface area contributed by atoms with Crippen LogP contribution in [0.1, 0.15) is 15.9 Å². The van der Waals surface area contributed by atoms with E-state index < -0.39 is 0 Å². The summed E-state index contributed by atoms with van der Waals surface area (Å²) in [6.45, 7) is 1.81. The molecule has 2 rings (SSSR count). The summed E-state index contributed by atoms with van der Waals surface area (Å²) in [5, 5.41) is -0.0000463. The first-order chi connectivity index (χ1) is 7.66. The Labute approximate surface area is 103 Å². The van der Waals surface area contributed by atoms with E-state index in [2.05, 4.69) is 0 Å². The topological polar surface area (TPSA) is 17.1 Å². The molecule has 0 N–H and O–H groups in total. The lowest BCUT2D eigenvalue weighted by Crippen LogP contribution is -2.24. The van der Waals surface area contributed by atoms with Crippen LogP contribution >= 0.6 is 23.5 Å².